The third-order valence-electron chi connectivity index (χ3n) is 5.90. The summed E-state index contributed by atoms with van der Waals surface area (Å²) < 4.78 is 1.84. The fourth-order valence-electron chi connectivity index (χ4n) is 4.01. The number of nitrogens with one attached hydrogen (secondary N) is 3. The van der Waals surface area contributed by atoms with E-state index < -0.39 is 0 Å². The first kappa shape index (κ1) is 18.9. The number of piperidine rings is 1. The highest BCUT2D eigenvalue weighted by atomic mass is 16.3. The lowest BCUT2D eigenvalue weighted by Gasteiger charge is -2.28. The second-order valence-electron chi connectivity index (χ2n) is 8.12. The molecule has 8 nitrogen and oxygen atoms in total. The first-order valence-corrected chi connectivity index (χ1v) is 10.5. The van der Waals surface area contributed by atoms with Gasteiger partial charge in [0.15, 0.2) is 11.3 Å². The highest BCUT2D eigenvalue weighted by Gasteiger charge is 2.28. The van der Waals surface area contributed by atoms with Crippen LogP contribution in [0.4, 0.5) is 23.0 Å². The summed E-state index contributed by atoms with van der Waals surface area (Å²) in [4.78, 5) is 8.36. The summed E-state index contributed by atoms with van der Waals surface area (Å²) in [6, 6.07) is 9.35. The maximum absolute atomic E-state index is 10.2. The minimum Gasteiger partial charge on any atom is -0.391 e. The van der Waals surface area contributed by atoms with Crippen molar-refractivity contribution in [3.05, 3.63) is 53.5 Å². The molecule has 30 heavy (non-hydrogen) atoms. The van der Waals surface area contributed by atoms with Crippen LogP contribution in [0.1, 0.15) is 30.7 Å². The van der Waals surface area contributed by atoms with E-state index in [1.165, 1.54) is 18.4 Å². The minimum absolute atomic E-state index is 0.198. The molecule has 3 heterocycles. The molecule has 2 fully saturated rings. The fourth-order valence-corrected chi connectivity index (χ4v) is 4.01. The lowest BCUT2D eigenvalue weighted by Crippen LogP contribution is -2.43. The third-order valence-corrected chi connectivity index (χ3v) is 5.90. The van der Waals surface area contributed by atoms with Gasteiger partial charge >= 0.3 is 0 Å². The van der Waals surface area contributed by atoms with E-state index in [0.717, 1.165) is 35.9 Å². The molecule has 1 saturated heterocycles. The average molecular weight is 403 g/mol. The van der Waals surface area contributed by atoms with Gasteiger partial charge in [0.2, 0.25) is 0 Å². The molecule has 0 amide bonds. The Morgan fingerprint density at radius 1 is 1.27 bits per heavy atom. The monoisotopic (exact) mass is 403 g/mol. The standard InChI is InChI=1S/C22H25N7O/c1-23-16-3-2-4-17(9-16)27-21-10-20(25-11-15-7-8-24-13-19(15)30)28-22-18(14-5-6-14)12-26-29(21)22/h2-4,9-10,12,14-15,19,24,27,30H,5-8,11,13H2,(H,25,28)/t15-,19+/m1/s1. The van der Waals surface area contributed by atoms with Gasteiger partial charge in [0.25, 0.3) is 0 Å². The number of β-amino-alcohol motifs (C(OH)–C–C–N with tert-alkyl or cyclic N) is 1. The van der Waals surface area contributed by atoms with Crippen LogP contribution in [0.5, 0.6) is 0 Å². The van der Waals surface area contributed by atoms with Crippen molar-refractivity contribution < 1.29 is 5.11 Å². The number of benzene rings is 1. The van der Waals surface area contributed by atoms with E-state index in [1.54, 1.807) is 6.07 Å². The molecule has 5 rings (SSSR count). The summed E-state index contributed by atoms with van der Waals surface area (Å²) in [5.41, 5.74) is 3.46. The molecule has 0 unspecified atom stereocenters. The molecule has 0 spiro atoms. The number of hydrogen-bond acceptors (Lipinski definition) is 6. The number of aromatic nitrogens is 3. The molecule has 0 bridgehead atoms. The first-order chi connectivity index (χ1) is 14.7. The number of aliphatic hydroxyl groups excluding tert-OH is 1. The number of fused-ring (bicyclic) bond motifs is 1. The molecular formula is C22H25N7O. The number of anilines is 3. The highest BCUT2D eigenvalue weighted by Crippen LogP contribution is 2.42. The van der Waals surface area contributed by atoms with Gasteiger partial charge in [0.1, 0.15) is 11.6 Å². The van der Waals surface area contributed by atoms with Crippen molar-refractivity contribution in [1.29, 1.82) is 0 Å². The van der Waals surface area contributed by atoms with Gasteiger partial charge in [-0.1, -0.05) is 12.1 Å². The maximum atomic E-state index is 10.2. The Kier molecular flexibility index (Phi) is 4.99. The Balaban J connectivity index is 1.46. The van der Waals surface area contributed by atoms with Gasteiger partial charge < -0.3 is 21.1 Å². The second-order valence-corrected chi connectivity index (χ2v) is 8.12. The van der Waals surface area contributed by atoms with Crippen LogP contribution in [0.2, 0.25) is 0 Å². The molecule has 8 heteroatoms. The highest BCUT2D eigenvalue weighted by molar-refractivity contribution is 5.68. The summed E-state index contributed by atoms with van der Waals surface area (Å²) in [5.74, 6) is 2.29. The zero-order valence-electron chi connectivity index (χ0n) is 16.7. The third kappa shape index (κ3) is 3.82. The Hall–Kier alpha value is -3.15. The van der Waals surface area contributed by atoms with E-state index in [4.69, 9.17) is 11.6 Å². The van der Waals surface area contributed by atoms with Crippen molar-refractivity contribution in [2.24, 2.45) is 5.92 Å². The van der Waals surface area contributed by atoms with Crippen molar-refractivity contribution >= 4 is 28.7 Å². The van der Waals surface area contributed by atoms with E-state index >= 15 is 0 Å². The van der Waals surface area contributed by atoms with Gasteiger partial charge in [-0.15, -0.1) is 0 Å². The largest absolute Gasteiger partial charge is 0.391 e. The fraction of sp³-hybridized carbons (Fsp3) is 0.409. The van der Waals surface area contributed by atoms with Crippen molar-refractivity contribution in [3.8, 4) is 0 Å². The summed E-state index contributed by atoms with van der Waals surface area (Å²) in [6.07, 6.45) is 4.86. The molecule has 3 aromatic rings. The van der Waals surface area contributed by atoms with Crippen molar-refractivity contribution in [2.45, 2.75) is 31.3 Å². The summed E-state index contributed by atoms with van der Waals surface area (Å²) in [5, 5.41) is 24.9. The molecule has 1 saturated carbocycles. The lowest BCUT2D eigenvalue weighted by molar-refractivity contribution is 0.0883. The van der Waals surface area contributed by atoms with E-state index in [9.17, 15) is 5.11 Å². The van der Waals surface area contributed by atoms with Gasteiger partial charge in [-0.3, -0.25) is 0 Å². The lowest BCUT2D eigenvalue weighted by atomic mass is 9.95. The number of aliphatic hydroxyl groups is 1. The predicted molar refractivity (Wildman–Crippen MR) is 116 cm³/mol. The topological polar surface area (TPSA) is 90.9 Å². The van der Waals surface area contributed by atoms with Crippen LogP contribution >= 0.6 is 0 Å². The SMILES string of the molecule is [C-]#[N+]c1cccc(Nc2cc(NC[C@H]3CCNC[C@@H]3O)nc3c(C4CC4)cnn23)c1. The molecule has 1 aromatic carbocycles. The van der Waals surface area contributed by atoms with Crippen molar-refractivity contribution in [3.63, 3.8) is 0 Å². The quantitative estimate of drug-likeness (QED) is 0.472. The van der Waals surface area contributed by atoms with Crippen LogP contribution in [0.25, 0.3) is 10.5 Å². The number of hydrogen-bond donors (Lipinski definition) is 4. The van der Waals surface area contributed by atoms with E-state index in [2.05, 4.69) is 25.9 Å². The number of nitrogens with zero attached hydrogens (tertiary/aromatic N) is 4. The average Bonchev–Trinajstić information content (AvgIpc) is 3.52. The van der Waals surface area contributed by atoms with Crippen LogP contribution in [0.15, 0.2) is 36.5 Å². The zero-order valence-corrected chi connectivity index (χ0v) is 16.7. The van der Waals surface area contributed by atoms with Crippen LogP contribution in [-0.4, -0.2) is 45.4 Å². The Morgan fingerprint density at radius 3 is 2.97 bits per heavy atom. The molecule has 1 aliphatic carbocycles. The van der Waals surface area contributed by atoms with Gasteiger partial charge in [-0.05, 0) is 43.9 Å². The molecule has 0 radical (unpaired) electrons. The van der Waals surface area contributed by atoms with Gasteiger partial charge in [-0.2, -0.15) is 9.61 Å². The molecule has 154 valence electrons. The van der Waals surface area contributed by atoms with E-state index in [1.807, 2.05) is 35.0 Å². The summed E-state index contributed by atoms with van der Waals surface area (Å²) in [7, 11) is 0. The smallest absolute Gasteiger partial charge is 0.189 e. The zero-order chi connectivity index (χ0) is 20.5. The van der Waals surface area contributed by atoms with E-state index in [-0.39, 0.29) is 12.0 Å². The van der Waals surface area contributed by atoms with Gasteiger partial charge in [-0.25, -0.2) is 9.83 Å². The Labute approximate surface area is 175 Å². The molecule has 2 atom stereocenters. The van der Waals surface area contributed by atoms with Crippen LogP contribution < -0.4 is 16.0 Å². The molecule has 2 aliphatic rings. The Bertz CT molecular complexity index is 1100. The second kappa shape index (κ2) is 7.94. The van der Waals surface area contributed by atoms with Crippen LogP contribution in [0.3, 0.4) is 0 Å². The molecule has 4 N–H and O–H groups in total. The van der Waals surface area contributed by atoms with Gasteiger partial charge in [0, 0.05) is 36.3 Å². The van der Waals surface area contributed by atoms with E-state index in [0.29, 0.717) is 24.7 Å². The molecular weight excluding hydrogens is 378 g/mol. The normalized spacial score (nSPS) is 21.3. The first-order valence-electron chi connectivity index (χ1n) is 10.5. The van der Waals surface area contributed by atoms with Crippen LogP contribution in [-0.2, 0) is 0 Å². The van der Waals surface area contributed by atoms with Gasteiger partial charge in [0.05, 0.1) is 18.9 Å². The molecule has 1 aliphatic heterocycles. The minimum atomic E-state index is -0.346. The number of rotatable bonds is 6. The Morgan fingerprint density at radius 2 is 2.17 bits per heavy atom. The van der Waals surface area contributed by atoms with Crippen LogP contribution in [0, 0.1) is 12.5 Å². The summed E-state index contributed by atoms with van der Waals surface area (Å²) >= 11 is 0. The van der Waals surface area contributed by atoms with Crippen molar-refractivity contribution in [2.75, 3.05) is 30.3 Å². The molecule has 2 aromatic heterocycles. The van der Waals surface area contributed by atoms with Crippen molar-refractivity contribution in [1.82, 2.24) is 19.9 Å². The summed E-state index contributed by atoms with van der Waals surface area (Å²) in [6.45, 7) is 9.48. The predicted octanol–water partition coefficient (Wildman–Crippen LogP) is 3.28. The maximum Gasteiger partial charge on any atom is 0.189 e.